The predicted octanol–water partition coefficient (Wildman–Crippen LogP) is 2.19. The van der Waals surface area contributed by atoms with Crippen LogP contribution in [0.2, 0.25) is 0 Å². The van der Waals surface area contributed by atoms with Gasteiger partial charge < -0.3 is 10.6 Å². The molecule has 1 aromatic rings. The molecule has 1 aliphatic heterocycles. The summed E-state index contributed by atoms with van der Waals surface area (Å²) in [5, 5.41) is 5.61. The summed E-state index contributed by atoms with van der Waals surface area (Å²) in [5.74, 6) is -3.97. The largest absolute Gasteiger partial charge is 0.319 e. The molecular formula is C13H16F4N2. The van der Waals surface area contributed by atoms with Gasteiger partial charge in [-0.2, -0.15) is 8.78 Å². The molecule has 6 heteroatoms. The molecule has 1 aliphatic rings. The first-order valence-corrected chi connectivity index (χ1v) is 6.16. The highest BCUT2D eigenvalue weighted by molar-refractivity contribution is 5.29. The lowest BCUT2D eigenvalue weighted by atomic mass is 9.96. The van der Waals surface area contributed by atoms with Crippen LogP contribution in [0.3, 0.4) is 0 Å². The third-order valence-corrected chi connectivity index (χ3v) is 3.24. The zero-order valence-electron chi connectivity index (χ0n) is 10.3. The SMILES string of the molecule is FC(F)C(F)(F)CNCC1Cc2ccccc2CN1. The Morgan fingerprint density at radius 3 is 2.63 bits per heavy atom. The zero-order valence-corrected chi connectivity index (χ0v) is 10.3. The molecule has 1 heterocycles. The van der Waals surface area contributed by atoms with Gasteiger partial charge >= 0.3 is 12.3 Å². The van der Waals surface area contributed by atoms with Crippen molar-refractivity contribution in [1.82, 2.24) is 10.6 Å². The van der Waals surface area contributed by atoms with Crippen LogP contribution in [0.25, 0.3) is 0 Å². The van der Waals surface area contributed by atoms with E-state index in [0.717, 1.165) is 0 Å². The van der Waals surface area contributed by atoms with E-state index in [1.165, 1.54) is 11.1 Å². The van der Waals surface area contributed by atoms with Crippen molar-refractivity contribution in [2.75, 3.05) is 13.1 Å². The van der Waals surface area contributed by atoms with E-state index < -0.39 is 18.9 Å². The molecule has 1 aromatic carbocycles. The lowest BCUT2D eigenvalue weighted by molar-refractivity contribution is -0.125. The molecule has 1 unspecified atom stereocenters. The molecule has 2 N–H and O–H groups in total. The molecule has 0 fully saturated rings. The molecule has 0 amide bonds. The van der Waals surface area contributed by atoms with E-state index in [1.54, 1.807) is 0 Å². The van der Waals surface area contributed by atoms with Crippen molar-refractivity contribution < 1.29 is 17.6 Å². The van der Waals surface area contributed by atoms with Gasteiger partial charge in [-0.3, -0.25) is 0 Å². The van der Waals surface area contributed by atoms with E-state index in [4.69, 9.17) is 0 Å². The number of nitrogens with one attached hydrogen (secondary N) is 2. The summed E-state index contributed by atoms with van der Waals surface area (Å²) in [7, 11) is 0. The number of rotatable bonds is 5. The summed E-state index contributed by atoms with van der Waals surface area (Å²) < 4.78 is 49.4. The number of halogens is 4. The molecule has 1 atom stereocenters. The maximum Gasteiger partial charge on any atom is 0.319 e. The van der Waals surface area contributed by atoms with Gasteiger partial charge in [0.15, 0.2) is 0 Å². The Kier molecular flexibility index (Phi) is 4.42. The van der Waals surface area contributed by atoms with Gasteiger partial charge in [0.05, 0.1) is 6.54 Å². The van der Waals surface area contributed by atoms with Gasteiger partial charge in [-0.15, -0.1) is 0 Å². The van der Waals surface area contributed by atoms with Crippen LogP contribution >= 0.6 is 0 Å². The lowest BCUT2D eigenvalue weighted by Gasteiger charge is -2.27. The molecule has 0 spiro atoms. The fourth-order valence-electron chi connectivity index (χ4n) is 2.16. The Bertz CT molecular complexity index is 423. The molecule has 0 saturated carbocycles. The average molecular weight is 276 g/mol. The molecule has 2 nitrogen and oxygen atoms in total. The Hall–Kier alpha value is -1.14. The molecular weight excluding hydrogens is 260 g/mol. The monoisotopic (exact) mass is 276 g/mol. The van der Waals surface area contributed by atoms with Crippen LogP contribution < -0.4 is 10.6 Å². The van der Waals surface area contributed by atoms with Crippen LogP contribution in [0.4, 0.5) is 17.6 Å². The van der Waals surface area contributed by atoms with Crippen molar-refractivity contribution >= 4 is 0 Å². The number of fused-ring (bicyclic) bond motifs is 1. The maximum atomic E-state index is 12.7. The molecule has 0 radical (unpaired) electrons. The number of hydrogen-bond donors (Lipinski definition) is 2. The normalized spacial score (nSPS) is 19.5. The summed E-state index contributed by atoms with van der Waals surface area (Å²) in [6.45, 7) is -0.0745. The molecule has 19 heavy (non-hydrogen) atoms. The van der Waals surface area contributed by atoms with E-state index in [-0.39, 0.29) is 12.6 Å². The van der Waals surface area contributed by atoms with Crippen molar-refractivity contribution in [2.24, 2.45) is 0 Å². The van der Waals surface area contributed by atoms with Crippen molar-refractivity contribution in [2.45, 2.75) is 31.4 Å². The van der Waals surface area contributed by atoms with Gasteiger partial charge in [0.1, 0.15) is 0 Å². The highest BCUT2D eigenvalue weighted by Crippen LogP contribution is 2.21. The number of hydrogen-bond acceptors (Lipinski definition) is 2. The molecule has 0 aromatic heterocycles. The van der Waals surface area contributed by atoms with E-state index >= 15 is 0 Å². The fraction of sp³-hybridized carbons (Fsp3) is 0.538. The van der Waals surface area contributed by atoms with Gasteiger partial charge in [0.2, 0.25) is 0 Å². The predicted molar refractivity (Wildman–Crippen MR) is 64.6 cm³/mol. The first kappa shape index (κ1) is 14.3. The second-order valence-electron chi connectivity index (χ2n) is 4.74. The highest BCUT2D eigenvalue weighted by atomic mass is 19.3. The first-order chi connectivity index (χ1) is 8.99. The molecule has 106 valence electrons. The van der Waals surface area contributed by atoms with E-state index in [0.29, 0.717) is 13.0 Å². The fourth-order valence-corrected chi connectivity index (χ4v) is 2.16. The Labute approximate surface area is 109 Å². The number of alkyl halides is 4. The van der Waals surface area contributed by atoms with Gasteiger partial charge in [0.25, 0.3) is 0 Å². The second-order valence-corrected chi connectivity index (χ2v) is 4.74. The summed E-state index contributed by atoms with van der Waals surface area (Å²) in [6, 6.07) is 7.87. The van der Waals surface area contributed by atoms with Gasteiger partial charge in [0, 0.05) is 19.1 Å². The van der Waals surface area contributed by atoms with Crippen molar-refractivity contribution in [3.05, 3.63) is 35.4 Å². The van der Waals surface area contributed by atoms with E-state index in [1.807, 2.05) is 24.3 Å². The quantitative estimate of drug-likeness (QED) is 0.806. The molecule has 2 rings (SSSR count). The summed E-state index contributed by atoms with van der Waals surface area (Å²) in [6.07, 6.45) is -2.91. The Morgan fingerprint density at radius 2 is 1.95 bits per heavy atom. The van der Waals surface area contributed by atoms with Crippen molar-refractivity contribution in [3.8, 4) is 0 Å². The van der Waals surface area contributed by atoms with Crippen molar-refractivity contribution in [3.63, 3.8) is 0 Å². The van der Waals surface area contributed by atoms with Crippen LogP contribution in [-0.4, -0.2) is 31.5 Å². The smallest absolute Gasteiger partial charge is 0.309 e. The third-order valence-electron chi connectivity index (χ3n) is 3.24. The minimum atomic E-state index is -3.97. The molecule has 0 saturated heterocycles. The first-order valence-electron chi connectivity index (χ1n) is 6.16. The Balaban J connectivity index is 1.80. The highest BCUT2D eigenvalue weighted by Gasteiger charge is 2.40. The topological polar surface area (TPSA) is 24.1 Å². The maximum absolute atomic E-state index is 12.7. The average Bonchev–Trinajstić information content (AvgIpc) is 2.38. The molecule has 0 aliphatic carbocycles. The summed E-state index contributed by atoms with van der Waals surface area (Å²) in [5.41, 5.74) is 2.37. The van der Waals surface area contributed by atoms with Crippen LogP contribution in [0.5, 0.6) is 0 Å². The zero-order chi connectivity index (χ0) is 13.9. The van der Waals surface area contributed by atoms with Gasteiger partial charge in [-0.05, 0) is 17.5 Å². The minimum absolute atomic E-state index is 0.0108. The van der Waals surface area contributed by atoms with Gasteiger partial charge in [-0.1, -0.05) is 24.3 Å². The summed E-state index contributed by atoms with van der Waals surface area (Å²) >= 11 is 0. The standard InChI is InChI=1S/C13H16F4N2/c14-12(15)13(16,17)8-18-7-11-5-9-3-1-2-4-10(9)6-19-11/h1-4,11-12,18-19H,5-8H2. The Morgan fingerprint density at radius 1 is 1.26 bits per heavy atom. The van der Waals surface area contributed by atoms with Crippen LogP contribution in [-0.2, 0) is 13.0 Å². The van der Waals surface area contributed by atoms with Gasteiger partial charge in [-0.25, -0.2) is 8.78 Å². The second kappa shape index (κ2) is 5.88. The van der Waals surface area contributed by atoms with E-state index in [9.17, 15) is 17.6 Å². The lowest BCUT2D eigenvalue weighted by Crippen LogP contribution is -2.47. The van der Waals surface area contributed by atoms with Crippen LogP contribution in [0, 0.1) is 0 Å². The molecule has 0 bridgehead atoms. The van der Waals surface area contributed by atoms with Crippen LogP contribution in [0.1, 0.15) is 11.1 Å². The minimum Gasteiger partial charge on any atom is -0.309 e. The summed E-state index contributed by atoms with van der Waals surface area (Å²) in [4.78, 5) is 0. The van der Waals surface area contributed by atoms with Crippen molar-refractivity contribution in [1.29, 1.82) is 0 Å². The number of benzene rings is 1. The third kappa shape index (κ3) is 3.67. The van der Waals surface area contributed by atoms with Crippen LogP contribution in [0.15, 0.2) is 24.3 Å². The van der Waals surface area contributed by atoms with E-state index in [2.05, 4.69) is 10.6 Å².